The number of carbonyl (C=O) groups is 1. The van der Waals surface area contributed by atoms with E-state index in [4.69, 9.17) is 10.00 Å². The van der Waals surface area contributed by atoms with Crippen LogP contribution in [0.5, 0.6) is 5.75 Å². The highest BCUT2D eigenvalue weighted by Gasteiger charge is 2.19. The smallest absolute Gasteiger partial charge is 0.220 e. The molecule has 2 aromatic carbocycles. The first kappa shape index (κ1) is 22.8. The van der Waals surface area contributed by atoms with Crippen LogP contribution in [0.3, 0.4) is 0 Å². The van der Waals surface area contributed by atoms with Crippen LogP contribution in [0.2, 0.25) is 0 Å². The minimum Gasteiger partial charge on any atom is -0.494 e. The van der Waals surface area contributed by atoms with E-state index in [9.17, 15) is 4.79 Å². The lowest BCUT2D eigenvalue weighted by atomic mass is 10.0. The summed E-state index contributed by atoms with van der Waals surface area (Å²) >= 11 is 0. The topological polar surface area (TPSA) is 65.4 Å². The minimum atomic E-state index is 0.0765. The summed E-state index contributed by atoms with van der Waals surface area (Å²) in [4.78, 5) is 14.8. The SMILES string of the molecule is CC1CCCCN1Cc1ccccc1CNC(=O)CCCCOc1cccc(C#N)c1. The van der Waals surface area contributed by atoms with Crippen LogP contribution < -0.4 is 10.1 Å². The van der Waals surface area contributed by atoms with Crippen LogP contribution in [0.1, 0.15) is 62.1 Å². The molecular formula is C26H33N3O2. The number of ether oxygens (including phenoxy) is 1. The number of nitriles is 1. The molecule has 164 valence electrons. The molecular weight excluding hydrogens is 386 g/mol. The summed E-state index contributed by atoms with van der Waals surface area (Å²) in [6.07, 6.45) is 5.94. The largest absolute Gasteiger partial charge is 0.494 e. The molecule has 1 heterocycles. The van der Waals surface area contributed by atoms with Gasteiger partial charge in [0.25, 0.3) is 0 Å². The van der Waals surface area contributed by atoms with E-state index in [1.807, 2.05) is 18.2 Å². The molecule has 1 atom stereocenters. The molecule has 31 heavy (non-hydrogen) atoms. The van der Waals surface area contributed by atoms with Crippen LogP contribution in [0.25, 0.3) is 0 Å². The summed E-state index contributed by atoms with van der Waals surface area (Å²) in [7, 11) is 0. The molecule has 5 nitrogen and oxygen atoms in total. The molecule has 0 aliphatic carbocycles. The summed E-state index contributed by atoms with van der Waals surface area (Å²) in [5.41, 5.74) is 3.10. The monoisotopic (exact) mass is 419 g/mol. The average molecular weight is 420 g/mol. The Balaban J connectivity index is 1.37. The van der Waals surface area contributed by atoms with E-state index in [-0.39, 0.29) is 5.91 Å². The first-order valence-electron chi connectivity index (χ1n) is 11.4. The number of carbonyl (C=O) groups excluding carboxylic acids is 1. The number of nitrogens with zero attached hydrogens (tertiary/aromatic N) is 2. The lowest BCUT2D eigenvalue weighted by Gasteiger charge is -2.33. The summed E-state index contributed by atoms with van der Waals surface area (Å²) in [6, 6.07) is 18.3. The normalized spacial score (nSPS) is 16.5. The Morgan fingerprint density at radius 3 is 2.81 bits per heavy atom. The summed E-state index contributed by atoms with van der Waals surface area (Å²) in [5, 5.41) is 12.0. The Kier molecular flexibility index (Phi) is 8.93. The van der Waals surface area contributed by atoms with Crippen molar-refractivity contribution in [3.8, 4) is 11.8 Å². The van der Waals surface area contributed by atoms with Crippen LogP contribution >= 0.6 is 0 Å². The van der Waals surface area contributed by atoms with Crippen molar-refractivity contribution in [1.82, 2.24) is 10.2 Å². The third-order valence-electron chi connectivity index (χ3n) is 5.94. The molecule has 0 bridgehead atoms. The second-order valence-electron chi connectivity index (χ2n) is 8.31. The predicted octanol–water partition coefficient (Wildman–Crippen LogP) is 4.80. The number of nitrogens with one attached hydrogen (secondary N) is 1. The maximum Gasteiger partial charge on any atom is 0.220 e. The van der Waals surface area contributed by atoms with E-state index in [2.05, 4.69) is 41.4 Å². The van der Waals surface area contributed by atoms with Gasteiger partial charge in [0.15, 0.2) is 0 Å². The Bertz CT molecular complexity index is 890. The first-order chi connectivity index (χ1) is 15.2. The van der Waals surface area contributed by atoms with Crippen molar-refractivity contribution in [2.24, 2.45) is 0 Å². The zero-order valence-corrected chi connectivity index (χ0v) is 18.5. The van der Waals surface area contributed by atoms with Crippen molar-refractivity contribution in [1.29, 1.82) is 5.26 Å². The van der Waals surface area contributed by atoms with Gasteiger partial charge in [-0.1, -0.05) is 36.8 Å². The van der Waals surface area contributed by atoms with E-state index in [1.54, 1.807) is 12.1 Å². The number of rotatable bonds is 10. The Morgan fingerprint density at radius 1 is 1.16 bits per heavy atom. The van der Waals surface area contributed by atoms with Crippen molar-refractivity contribution in [3.05, 3.63) is 65.2 Å². The molecule has 0 aromatic heterocycles. The highest BCUT2D eigenvalue weighted by atomic mass is 16.5. The summed E-state index contributed by atoms with van der Waals surface area (Å²) in [5.74, 6) is 0.774. The van der Waals surface area contributed by atoms with E-state index < -0.39 is 0 Å². The fourth-order valence-corrected chi connectivity index (χ4v) is 4.01. The fourth-order valence-electron chi connectivity index (χ4n) is 4.01. The summed E-state index contributed by atoms with van der Waals surface area (Å²) in [6.45, 7) is 5.55. The van der Waals surface area contributed by atoms with E-state index in [1.165, 1.54) is 30.4 Å². The second kappa shape index (κ2) is 12.1. The van der Waals surface area contributed by atoms with Gasteiger partial charge < -0.3 is 10.1 Å². The number of hydrogen-bond acceptors (Lipinski definition) is 4. The van der Waals surface area contributed by atoms with Crippen molar-refractivity contribution in [2.75, 3.05) is 13.2 Å². The lowest BCUT2D eigenvalue weighted by Crippen LogP contribution is -2.37. The Labute approximate surface area is 186 Å². The van der Waals surface area contributed by atoms with Gasteiger partial charge in [0.05, 0.1) is 18.2 Å². The van der Waals surface area contributed by atoms with Crippen LogP contribution in [0.15, 0.2) is 48.5 Å². The number of hydrogen-bond donors (Lipinski definition) is 1. The third kappa shape index (κ3) is 7.41. The number of piperidine rings is 1. The van der Waals surface area contributed by atoms with Crippen molar-refractivity contribution < 1.29 is 9.53 Å². The zero-order chi connectivity index (χ0) is 21.9. The second-order valence-corrected chi connectivity index (χ2v) is 8.31. The molecule has 1 saturated heterocycles. The highest BCUT2D eigenvalue weighted by molar-refractivity contribution is 5.75. The fraction of sp³-hybridized carbons (Fsp3) is 0.462. The standard InChI is InChI=1S/C26H33N3O2/c1-21-9-4-6-15-29(21)20-24-12-3-2-11-23(24)19-28-26(30)14-5-7-16-31-25-13-8-10-22(17-25)18-27/h2-3,8,10-13,17,21H,4-7,9,14-16,19-20H2,1H3,(H,28,30). The van der Waals surface area contributed by atoms with E-state index in [0.717, 1.165) is 25.9 Å². The maximum atomic E-state index is 12.3. The van der Waals surface area contributed by atoms with Gasteiger partial charge in [-0.15, -0.1) is 0 Å². The number of likely N-dealkylation sites (tertiary alicyclic amines) is 1. The quantitative estimate of drug-likeness (QED) is 0.562. The van der Waals surface area contributed by atoms with E-state index >= 15 is 0 Å². The first-order valence-corrected chi connectivity index (χ1v) is 11.4. The zero-order valence-electron chi connectivity index (χ0n) is 18.5. The Hall–Kier alpha value is -2.84. The molecule has 1 aliphatic rings. The Morgan fingerprint density at radius 2 is 2.00 bits per heavy atom. The third-order valence-corrected chi connectivity index (χ3v) is 5.94. The van der Waals surface area contributed by atoms with Gasteiger partial charge in [0, 0.05) is 25.6 Å². The molecule has 0 spiro atoms. The van der Waals surface area contributed by atoms with Gasteiger partial charge in [-0.2, -0.15) is 5.26 Å². The number of unbranched alkanes of at least 4 members (excludes halogenated alkanes) is 1. The molecule has 1 N–H and O–H groups in total. The lowest BCUT2D eigenvalue weighted by molar-refractivity contribution is -0.121. The number of benzene rings is 2. The van der Waals surface area contributed by atoms with Crippen LogP contribution in [-0.2, 0) is 17.9 Å². The molecule has 1 unspecified atom stereocenters. The molecule has 3 rings (SSSR count). The van der Waals surface area contributed by atoms with Crippen LogP contribution in [-0.4, -0.2) is 30.0 Å². The van der Waals surface area contributed by atoms with Gasteiger partial charge >= 0.3 is 0 Å². The van der Waals surface area contributed by atoms with Crippen molar-refractivity contribution >= 4 is 5.91 Å². The molecule has 1 fully saturated rings. The highest BCUT2D eigenvalue weighted by Crippen LogP contribution is 2.21. The van der Waals surface area contributed by atoms with Gasteiger partial charge in [-0.25, -0.2) is 0 Å². The van der Waals surface area contributed by atoms with E-state index in [0.29, 0.717) is 36.9 Å². The minimum absolute atomic E-state index is 0.0765. The van der Waals surface area contributed by atoms with Gasteiger partial charge in [0.1, 0.15) is 5.75 Å². The molecule has 1 amide bonds. The average Bonchev–Trinajstić information content (AvgIpc) is 2.80. The van der Waals surface area contributed by atoms with Crippen LogP contribution in [0, 0.1) is 11.3 Å². The molecule has 5 heteroatoms. The van der Waals surface area contributed by atoms with Gasteiger partial charge in [-0.05, 0) is 68.5 Å². The maximum absolute atomic E-state index is 12.3. The van der Waals surface area contributed by atoms with Gasteiger partial charge in [-0.3, -0.25) is 9.69 Å². The van der Waals surface area contributed by atoms with Crippen LogP contribution in [0.4, 0.5) is 0 Å². The van der Waals surface area contributed by atoms with Crippen molar-refractivity contribution in [3.63, 3.8) is 0 Å². The molecule has 2 aromatic rings. The molecule has 1 aliphatic heterocycles. The molecule has 0 radical (unpaired) electrons. The molecule has 0 saturated carbocycles. The predicted molar refractivity (Wildman–Crippen MR) is 123 cm³/mol. The number of amides is 1. The summed E-state index contributed by atoms with van der Waals surface area (Å²) < 4.78 is 5.67. The van der Waals surface area contributed by atoms with Crippen molar-refractivity contribution in [2.45, 2.75) is 64.6 Å². The van der Waals surface area contributed by atoms with Gasteiger partial charge in [0.2, 0.25) is 5.91 Å².